The third kappa shape index (κ3) is 3.64. The number of rotatable bonds is 5. The van der Waals surface area contributed by atoms with Crippen molar-refractivity contribution in [2.45, 2.75) is 25.4 Å². The SMILES string of the molecule is [N-]=[N+]=NCCCNC(=O)C1CCCO1. The Bertz CT molecular complexity index is 231. The van der Waals surface area contributed by atoms with Gasteiger partial charge in [0.1, 0.15) is 6.10 Å². The molecule has 1 fully saturated rings. The first-order valence-electron chi connectivity index (χ1n) is 4.75. The van der Waals surface area contributed by atoms with Crippen LogP contribution in [0.5, 0.6) is 0 Å². The monoisotopic (exact) mass is 198 g/mol. The first-order chi connectivity index (χ1) is 6.84. The quantitative estimate of drug-likeness (QED) is 0.309. The van der Waals surface area contributed by atoms with Crippen molar-refractivity contribution in [2.75, 3.05) is 19.7 Å². The Morgan fingerprint density at radius 1 is 1.71 bits per heavy atom. The van der Waals surface area contributed by atoms with Gasteiger partial charge in [-0.05, 0) is 24.8 Å². The van der Waals surface area contributed by atoms with Gasteiger partial charge in [-0.2, -0.15) is 0 Å². The van der Waals surface area contributed by atoms with E-state index in [1.54, 1.807) is 0 Å². The minimum Gasteiger partial charge on any atom is -0.368 e. The van der Waals surface area contributed by atoms with Crippen LogP contribution in [0.4, 0.5) is 0 Å². The molecule has 1 unspecified atom stereocenters. The smallest absolute Gasteiger partial charge is 0.249 e. The van der Waals surface area contributed by atoms with Gasteiger partial charge in [-0.25, -0.2) is 0 Å². The minimum absolute atomic E-state index is 0.0524. The summed E-state index contributed by atoms with van der Waals surface area (Å²) in [5.74, 6) is -0.0524. The van der Waals surface area contributed by atoms with Gasteiger partial charge in [0.15, 0.2) is 0 Å². The number of azide groups is 1. The fraction of sp³-hybridized carbons (Fsp3) is 0.875. The van der Waals surface area contributed by atoms with Crippen LogP contribution in [0, 0.1) is 0 Å². The number of hydrogen-bond acceptors (Lipinski definition) is 3. The first-order valence-corrected chi connectivity index (χ1v) is 4.75. The van der Waals surface area contributed by atoms with Gasteiger partial charge in [-0.15, -0.1) is 0 Å². The van der Waals surface area contributed by atoms with Gasteiger partial charge in [-0.3, -0.25) is 4.79 Å². The lowest BCUT2D eigenvalue weighted by atomic mass is 10.2. The van der Waals surface area contributed by atoms with Crippen LogP contribution in [0.2, 0.25) is 0 Å². The van der Waals surface area contributed by atoms with E-state index < -0.39 is 0 Å². The molecule has 78 valence electrons. The molecule has 1 heterocycles. The van der Waals surface area contributed by atoms with Crippen LogP contribution in [0.3, 0.4) is 0 Å². The third-order valence-corrected chi connectivity index (χ3v) is 2.02. The van der Waals surface area contributed by atoms with Gasteiger partial charge < -0.3 is 10.1 Å². The zero-order valence-corrected chi connectivity index (χ0v) is 7.98. The molecule has 0 spiro atoms. The number of ether oxygens (including phenoxy) is 1. The molecule has 1 saturated heterocycles. The van der Waals surface area contributed by atoms with Crippen LogP contribution in [-0.4, -0.2) is 31.7 Å². The summed E-state index contributed by atoms with van der Waals surface area (Å²) in [6, 6.07) is 0. The molecule has 0 radical (unpaired) electrons. The summed E-state index contributed by atoms with van der Waals surface area (Å²) in [7, 11) is 0. The summed E-state index contributed by atoms with van der Waals surface area (Å²) >= 11 is 0. The summed E-state index contributed by atoms with van der Waals surface area (Å²) in [4.78, 5) is 14.0. The van der Waals surface area contributed by atoms with Crippen LogP contribution >= 0.6 is 0 Å². The highest BCUT2D eigenvalue weighted by atomic mass is 16.5. The van der Waals surface area contributed by atoms with Gasteiger partial charge in [0.05, 0.1) is 0 Å². The average molecular weight is 198 g/mol. The number of amides is 1. The first kappa shape index (κ1) is 10.8. The van der Waals surface area contributed by atoms with Crippen LogP contribution in [0.25, 0.3) is 10.4 Å². The Kier molecular flexibility index (Phi) is 4.82. The predicted molar refractivity (Wildman–Crippen MR) is 50.6 cm³/mol. The normalized spacial score (nSPS) is 20.1. The Labute approximate surface area is 82.2 Å². The van der Waals surface area contributed by atoms with Crippen molar-refractivity contribution in [2.24, 2.45) is 5.11 Å². The molecule has 1 rings (SSSR count). The van der Waals surface area contributed by atoms with Gasteiger partial charge >= 0.3 is 0 Å². The molecule has 0 saturated carbocycles. The van der Waals surface area contributed by atoms with Crippen molar-refractivity contribution < 1.29 is 9.53 Å². The Morgan fingerprint density at radius 2 is 2.57 bits per heavy atom. The molecule has 6 nitrogen and oxygen atoms in total. The Balaban J connectivity index is 2.05. The zero-order valence-electron chi connectivity index (χ0n) is 7.98. The molecule has 1 aliphatic rings. The molecule has 0 aromatic carbocycles. The molecule has 14 heavy (non-hydrogen) atoms. The van der Waals surface area contributed by atoms with Gasteiger partial charge in [0.25, 0.3) is 0 Å². The molecule has 0 bridgehead atoms. The molecular weight excluding hydrogens is 184 g/mol. The van der Waals surface area contributed by atoms with Crippen molar-refractivity contribution in [1.29, 1.82) is 0 Å². The standard InChI is InChI=1S/C8H14N4O2/c9-12-11-5-2-4-10-8(13)7-3-1-6-14-7/h7H,1-6H2,(H,10,13). The molecule has 1 N–H and O–H groups in total. The Morgan fingerprint density at radius 3 is 3.21 bits per heavy atom. The van der Waals surface area contributed by atoms with E-state index >= 15 is 0 Å². The highest BCUT2D eigenvalue weighted by Crippen LogP contribution is 2.11. The van der Waals surface area contributed by atoms with Crippen molar-refractivity contribution in [1.82, 2.24) is 5.32 Å². The summed E-state index contributed by atoms with van der Waals surface area (Å²) in [6.45, 7) is 1.64. The van der Waals surface area contributed by atoms with Crippen LogP contribution in [0.15, 0.2) is 5.11 Å². The minimum atomic E-state index is -0.269. The lowest BCUT2D eigenvalue weighted by molar-refractivity contribution is -0.130. The largest absolute Gasteiger partial charge is 0.368 e. The maximum absolute atomic E-state index is 11.3. The van der Waals surface area contributed by atoms with E-state index in [-0.39, 0.29) is 12.0 Å². The molecule has 0 aromatic rings. The van der Waals surface area contributed by atoms with E-state index in [4.69, 9.17) is 10.3 Å². The van der Waals surface area contributed by atoms with E-state index in [1.807, 2.05) is 0 Å². The average Bonchev–Trinajstić information content (AvgIpc) is 2.70. The predicted octanol–water partition coefficient (Wildman–Crippen LogP) is 0.982. The second-order valence-corrected chi connectivity index (χ2v) is 3.10. The van der Waals surface area contributed by atoms with Crippen LogP contribution < -0.4 is 5.32 Å². The second kappa shape index (κ2) is 6.23. The molecular formula is C8H14N4O2. The third-order valence-electron chi connectivity index (χ3n) is 2.02. The van der Waals surface area contributed by atoms with Crippen LogP contribution in [-0.2, 0) is 9.53 Å². The fourth-order valence-electron chi connectivity index (χ4n) is 1.30. The molecule has 1 amide bonds. The van der Waals surface area contributed by atoms with Crippen molar-refractivity contribution in [3.8, 4) is 0 Å². The number of nitrogens with zero attached hydrogens (tertiary/aromatic N) is 3. The van der Waals surface area contributed by atoms with E-state index in [0.717, 1.165) is 12.8 Å². The topological polar surface area (TPSA) is 87.1 Å². The highest BCUT2D eigenvalue weighted by Gasteiger charge is 2.22. The number of nitrogens with one attached hydrogen (secondary N) is 1. The fourth-order valence-corrected chi connectivity index (χ4v) is 1.30. The molecule has 0 aliphatic carbocycles. The van der Waals surface area contributed by atoms with Gasteiger partial charge in [-0.1, -0.05) is 5.11 Å². The molecule has 1 atom stereocenters. The van der Waals surface area contributed by atoms with E-state index in [2.05, 4.69) is 15.3 Å². The van der Waals surface area contributed by atoms with E-state index in [1.165, 1.54) is 0 Å². The number of carbonyl (C=O) groups excluding carboxylic acids is 1. The summed E-state index contributed by atoms with van der Waals surface area (Å²) in [6.07, 6.45) is 2.16. The maximum atomic E-state index is 11.3. The second-order valence-electron chi connectivity index (χ2n) is 3.10. The molecule has 6 heteroatoms. The molecule has 0 aromatic heterocycles. The molecule has 1 aliphatic heterocycles. The van der Waals surface area contributed by atoms with Gasteiger partial charge in [0.2, 0.25) is 5.91 Å². The summed E-state index contributed by atoms with van der Waals surface area (Å²) in [5.41, 5.74) is 8.00. The highest BCUT2D eigenvalue weighted by molar-refractivity contribution is 5.80. The van der Waals surface area contributed by atoms with Gasteiger partial charge in [0, 0.05) is 24.6 Å². The summed E-state index contributed by atoms with van der Waals surface area (Å²) in [5, 5.41) is 6.10. The lowest BCUT2D eigenvalue weighted by Crippen LogP contribution is -2.34. The number of hydrogen-bond donors (Lipinski definition) is 1. The van der Waals surface area contributed by atoms with E-state index in [9.17, 15) is 4.79 Å². The van der Waals surface area contributed by atoms with Crippen molar-refractivity contribution in [3.63, 3.8) is 0 Å². The van der Waals surface area contributed by atoms with E-state index in [0.29, 0.717) is 26.1 Å². The Hall–Kier alpha value is -1.26. The number of carbonyl (C=O) groups is 1. The van der Waals surface area contributed by atoms with Crippen molar-refractivity contribution >= 4 is 5.91 Å². The van der Waals surface area contributed by atoms with Crippen molar-refractivity contribution in [3.05, 3.63) is 10.4 Å². The zero-order chi connectivity index (χ0) is 10.2. The maximum Gasteiger partial charge on any atom is 0.249 e. The van der Waals surface area contributed by atoms with Crippen LogP contribution in [0.1, 0.15) is 19.3 Å². The summed E-state index contributed by atoms with van der Waals surface area (Å²) < 4.78 is 5.20. The lowest BCUT2D eigenvalue weighted by Gasteiger charge is -2.09.